The molecule has 0 aromatic heterocycles. The number of benzene rings is 9. The van der Waals surface area contributed by atoms with E-state index in [2.05, 4.69) is 187 Å². The first-order valence-corrected chi connectivity index (χ1v) is 17.1. The van der Waals surface area contributed by atoms with Gasteiger partial charge in [-0.2, -0.15) is 0 Å². The van der Waals surface area contributed by atoms with Crippen LogP contribution in [0.25, 0.3) is 65.7 Å². The van der Waals surface area contributed by atoms with Crippen LogP contribution in [0.15, 0.2) is 188 Å². The first-order valence-electron chi connectivity index (χ1n) is 17.1. The molecule has 1 aliphatic rings. The Balaban J connectivity index is 1.24. The Bertz CT molecular complexity index is 2730. The number of nitrogens with zero attached hydrogens (tertiary/aromatic N) is 1. The van der Waals surface area contributed by atoms with Crippen LogP contribution < -0.4 is 9.64 Å². The van der Waals surface area contributed by atoms with Gasteiger partial charge >= 0.3 is 0 Å². The van der Waals surface area contributed by atoms with Gasteiger partial charge in [-0.25, -0.2) is 0 Å². The van der Waals surface area contributed by atoms with Crippen molar-refractivity contribution in [3.05, 3.63) is 188 Å². The maximum atomic E-state index is 6.71. The Kier molecular flexibility index (Phi) is 6.53. The zero-order valence-electron chi connectivity index (χ0n) is 27.3. The minimum Gasteiger partial charge on any atom is -0.456 e. The van der Waals surface area contributed by atoms with Crippen LogP contribution in [0, 0.1) is 0 Å². The topological polar surface area (TPSA) is 12.5 Å². The lowest BCUT2D eigenvalue weighted by atomic mass is 9.91. The highest BCUT2D eigenvalue weighted by atomic mass is 16.5. The Hall–Kier alpha value is -6.64. The standard InChI is InChI=1S/C48H31NO/c1-2-12-32(13-3-1)33-22-26-36(27-23-33)49(45-30-35-14-4-5-15-38(35)39-16-6-8-18-41(39)45)37-28-24-34-25-29-47-48(44(34)31-37)43-20-9-7-17-40(43)42-19-10-11-21-46(42)50-47/h1-31H. The van der Waals surface area contributed by atoms with Crippen molar-refractivity contribution in [2.75, 3.05) is 4.90 Å². The van der Waals surface area contributed by atoms with Gasteiger partial charge in [-0.3, -0.25) is 0 Å². The minimum absolute atomic E-state index is 0.863. The number of anilines is 3. The summed E-state index contributed by atoms with van der Waals surface area (Å²) in [6.45, 7) is 0. The molecule has 2 nitrogen and oxygen atoms in total. The predicted molar refractivity (Wildman–Crippen MR) is 210 cm³/mol. The van der Waals surface area contributed by atoms with Crippen LogP contribution in [0.5, 0.6) is 11.5 Å². The Morgan fingerprint density at radius 1 is 0.340 bits per heavy atom. The number of hydrogen-bond acceptors (Lipinski definition) is 2. The Morgan fingerprint density at radius 2 is 0.960 bits per heavy atom. The average Bonchev–Trinajstić information content (AvgIpc) is 3.33. The van der Waals surface area contributed by atoms with E-state index in [1.807, 2.05) is 6.07 Å². The number of hydrogen-bond donors (Lipinski definition) is 0. The van der Waals surface area contributed by atoms with Gasteiger partial charge in [-0.15, -0.1) is 0 Å². The van der Waals surface area contributed by atoms with Gasteiger partial charge in [0.1, 0.15) is 11.5 Å². The van der Waals surface area contributed by atoms with Gasteiger partial charge in [0.2, 0.25) is 0 Å². The summed E-state index contributed by atoms with van der Waals surface area (Å²) in [5.41, 5.74) is 10.3. The highest BCUT2D eigenvalue weighted by Crippen LogP contribution is 2.50. The van der Waals surface area contributed by atoms with Crippen molar-refractivity contribution < 1.29 is 4.74 Å². The van der Waals surface area contributed by atoms with Crippen LogP contribution in [0.2, 0.25) is 0 Å². The van der Waals surface area contributed by atoms with E-state index in [1.165, 1.54) is 49.2 Å². The van der Waals surface area contributed by atoms with Gasteiger partial charge < -0.3 is 9.64 Å². The molecular weight excluding hydrogens is 607 g/mol. The number of para-hydroxylation sites is 1. The maximum absolute atomic E-state index is 6.71. The fourth-order valence-corrected chi connectivity index (χ4v) is 7.70. The summed E-state index contributed by atoms with van der Waals surface area (Å²) in [5.74, 6) is 1.74. The zero-order valence-corrected chi connectivity index (χ0v) is 27.3. The molecule has 0 atom stereocenters. The summed E-state index contributed by atoms with van der Waals surface area (Å²) in [6.07, 6.45) is 0. The largest absolute Gasteiger partial charge is 0.456 e. The first-order chi connectivity index (χ1) is 24.8. The lowest BCUT2D eigenvalue weighted by Crippen LogP contribution is -2.10. The third-order valence-corrected chi connectivity index (χ3v) is 10.0. The zero-order chi connectivity index (χ0) is 33.0. The van der Waals surface area contributed by atoms with E-state index >= 15 is 0 Å². The normalized spacial score (nSPS) is 11.8. The van der Waals surface area contributed by atoms with Crippen LogP contribution in [-0.2, 0) is 0 Å². The van der Waals surface area contributed by atoms with E-state index < -0.39 is 0 Å². The van der Waals surface area contributed by atoms with Gasteiger partial charge in [0, 0.05) is 27.9 Å². The van der Waals surface area contributed by atoms with Crippen LogP contribution in [-0.4, -0.2) is 0 Å². The number of rotatable bonds is 4. The van der Waals surface area contributed by atoms with Crippen molar-refractivity contribution in [2.45, 2.75) is 0 Å². The smallest absolute Gasteiger partial charge is 0.135 e. The molecule has 0 fully saturated rings. The average molecular weight is 638 g/mol. The lowest BCUT2D eigenvalue weighted by molar-refractivity contribution is 0.488. The molecule has 9 aromatic carbocycles. The molecule has 0 N–H and O–H groups in total. The molecule has 0 aliphatic carbocycles. The number of fused-ring (bicyclic) bond motifs is 10. The summed E-state index contributed by atoms with van der Waals surface area (Å²) in [6, 6.07) is 67.5. The van der Waals surface area contributed by atoms with E-state index in [0.717, 1.165) is 45.1 Å². The molecule has 0 bridgehead atoms. The molecule has 0 saturated heterocycles. The molecule has 1 heterocycles. The second-order valence-corrected chi connectivity index (χ2v) is 12.9. The quantitative estimate of drug-likeness (QED) is 0.178. The molecule has 0 amide bonds. The molecule has 1 aliphatic heterocycles. The van der Waals surface area contributed by atoms with E-state index in [1.54, 1.807) is 0 Å². The van der Waals surface area contributed by atoms with Crippen LogP contribution in [0.1, 0.15) is 0 Å². The van der Waals surface area contributed by atoms with Gasteiger partial charge in [0.15, 0.2) is 0 Å². The monoisotopic (exact) mass is 637 g/mol. The molecule has 9 aromatic rings. The van der Waals surface area contributed by atoms with E-state index in [4.69, 9.17) is 4.74 Å². The fraction of sp³-hybridized carbons (Fsp3) is 0. The second-order valence-electron chi connectivity index (χ2n) is 12.9. The third-order valence-electron chi connectivity index (χ3n) is 10.0. The molecule has 0 radical (unpaired) electrons. The SMILES string of the molecule is c1ccc(-c2ccc(N(c3ccc4ccc5c(c4c3)-c3ccccc3-c3ccccc3O5)c3cc4ccccc4c4ccccc34)cc2)cc1. The molecule has 2 heteroatoms. The van der Waals surface area contributed by atoms with E-state index in [-0.39, 0.29) is 0 Å². The van der Waals surface area contributed by atoms with Gasteiger partial charge in [-0.05, 0) is 91.6 Å². The molecule has 234 valence electrons. The highest BCUT2D eigenvalue weighted by Gasteiger charge is 2.24. The van der Waals surface area contributed by atoms with Gasteiger partial charge in [0.05, 0.1) is 5.69 Å². The molecular formula is C48H31NO. The van der Waals surface area contributed by atoms with Crippen molar-refractivity contribution >= 4 is 49.4 Å². The van der Waals surface area contributed by atoms with Crippen LogP contribution >= 0.6 is 0 Å². The van der Waals surface area contributed by atoms with Crippen molar-refractivity contribution in [1.82, 2.24) is 0 Å². The number of ether oxygens (including phenoxy) is 1. The molecule has 0 spiro atoms. The second kappa shape index (κ2) is 11.5. The summed E-state index contributed by atoms with van der Waals surface area (Å²) >= 11 is 0. The highest BCUT2D eigenvalue weighted by molar-refractivity contribution is 6.15. The van der Waals surface area contributed by atoms with E-state index in [0.29, 0.717) is 0 Å². The molecule has 50 heavy (non-hydrogen) atoms. The lowest BCUT2D eigenvalue weighted by Gasteiger charge is -2.28. The summed E-state index contributed by atoms with van der Waals surface area (Å²) in [5, 5.41) is 7.22. The van der Waals surface area contributed by atoms with Gasteiger partial charge in [-0.1, -0.05) is 146 Å². The summed E-state index contributed by atoms with van der Waals surface area (Å²) in [4.78, 5) is 2.42. The van der Waals surface area contributed by atoms with Crippen molar-refractivity contribution in [3.8, 4) is 44.9 Å². The third kappa shape index (κ3) is 4.57. The Labute approximate surface area is 291 Å². The van der Waals surface area contributed by atoms with Crippen molar-refractivity contribution in [1.29, 1.82) is 0 Å². The van der Waals surface area contributed by atoms with Crippen molar-refractivity contribution in [2.24, 2.45) is 0 Å². The van der Waals surface area contributed by atoms with Crippen LogP contribution in [0.3, 0.4) is 0 Å². The first kappa shape index (κ1) is 28.4. The van der Waals surface area contributed by atoms with Crippen molar-refractivity contribution in [3.63, 3.8) is 0 Å². The predicted octanol–water partition coefficient (Wildman–Crippen LogP) is 13.7. The fourth-order valence-electron chi connectivity index (χ4n) is 7.70. The maximum Gasteiger partial charge on any atom is 0.135 e. The summed E-state index contributed by atoms with van der Waals surface area (Å²) < 4.78 is 6.71. The minimum atomic E-state index is 0.863. The van der Waals surface area contributed by atoms with Gasteiger partial charge in [0.25, 0.3) is 0 Å². The molecule has 10 rings (SSSR count). The molecule has 0 unspecified atom stereocenters. The van der Waals surface area contributed by atoms with Crippen LogP contribution in [0.4, 0.5) is 17.1 Å². The van der Waals surface area contributed by atoms with E-state index in [9.17, 15) is 0 Å². The Morgan fingerprint density at radius 3 is 1.80 bits per heavy atom. The summed E-state index contributed by atoms with van der Waals surface area (Å²) in [7, 11) is 0. The molecule has 0 saturated carbocycles.